The Bertz CT molecular complexity index is 514. The number of ether oxygens (including phenoxy) is 2. The van der Waals surface area contributed by atoms with Gasteiger partial charge in [0.1, 0.15) is 0 Å². The second-order valence-corrected chi connectivity index (χ2v) is 4.40. The van der Waals surface area contributed by atoms with Crippen molar-refractivity contribution in [1.29, 1.82) is 0 Å². The van der Waals surface area contributed by atoms with Crippen molar-refractivity contribution in [1.82, 2.24) is 5.16 Å². The second kappa shape index (κ2) is 4.37. The maximum Gasteiger partial charge on any atom is 0.264 e. The molecule has 1 unspecified atom stereocenters. The Kier molecular flexibility index (Phi) is 2.73. The van der Waals surface area contributed by atoms with Gasteiger partial charge in [-0.05, 0) is 37.1 Å². The highest BCUT2D eigenvalue weighted by Gasteiger charge is 2.18. The van der Waals surface area contributed by atoms with Crippen LogP contribution in [0.5, 0.6) is 5.88 Å². The molecule has 4 nitrogen and oxygen atoms in total. The zero-order valence-electron chi connectivity index (χ0n) is 9.81. The molecule has 0 radical (unpaired) electrons. The lowest BCUT2D eigenvalue weighted by Crippen LogP contribution is -2.25. The zero-order chi connectivity index (χ0) is 11.7. The van der Waals surface area contributed by atoms with Crippen molar-refractivity contribution in [3.8, 4) is 5.88 Å². The largest absolute Gasteiger partial charge is 0.445 e. The summed E-state index contributed by atoms with van der Waals surface area (Å²) in [5, 5.41) is 4.87. The summed E-state index contributed by atoms with van der Waals surface area (Å²) in [6.07, 6.45) is 2.98. The van der Waals surface area contributed by atoms with Gasteiger partial charge < -0.3 is 14.0 Å². The summed E-state index contributed by atoms with van der Waals surface area (Å²) in [4.78, 5) is 0. The topological polar surface area (TPSA) is 44.5 Å². The molecule has 0 bridgehead atoms. The second-order valence-electron chi connectivity index (χ2n) is 4.40. The minimum atomic E-state index is -0.183. The predicted octanol–water partition coefficient (Wildman–Crippen LogP) is 3.04. The van der Waals surface area contributed by atoms with E-state index in [9.17, 15) is 0 Å². The first-order valence-electron chi connectivity index (χ1n) is 5.97. The van der Waals surface area contributed by atoms with Crippen molar-refractivity contribution in [3.05, 3.63) is 23.8 Å². The van der Waals surface area contributed by atoms with E-state index in [-0.39, 0.29) is 6.29 Å². The van der Waals surface area contributed by atoms with Crippen LogP contribution in [0.25, 0.3) is 11.0 Å². The molecule has 2 aromatic rings. The van der Waals surface area contributed by atoms with Gasteiger partial charge in [0.05, 0.1) is 12.0 Å². The molecule has 0 spiro atoms. The van der Waals surface area contributed by atoms with Crippen LogP contribution in [-0.2, 0) is 4.74 Å². The summed E-state index contributed by atoms with van der Waals surface area (Å²) in [6.45, 7) is 2.80. The number of rotatable bonds is 2. The van der Waals surface area contributed by atoms with Crippen molar-refractivity contribution >= 4 is 11.0 Å². The Balaban J connectivity index is 1.86. The molecule has 1 atom stereocenters. The Morgan fingerprint density at radius 2 is 2.29 bits per heavy atom. The van der Waals surface area contributed by atoms with E-state index in [1.165, 1.54) is 0 Å². The molecule has 0 saturated carbocycles. The maximum atomic E-state index is 5.74. The summed E-state index contributed by atoms with van der Waals surface area (Å²) in [7, 11) is 0. The molecule has 1 aliphatic heterocycles. The smallest absolute Gasteiger partial charge is 0.264 e. The number of nitrogens with zero attached hydrogens (tertiary/aromatic N) is 1. The summed E-state index contributed by atoms with van der Waals surface area (Å²) in [5.74, 6) is 0.538. The summed E-state index contributed by atoms with van der Waals surface area (Å²) in [6, 6.07) is 5.92. The zero-order valence-corrected chi connectivity index (χ0v) is 9.81. The molecule has 1 aliphatic rings. The average molecular weight is 233 g/mol. The van der Waals surface area contributed by atoms with Crippen LogP contribution in [-0.4, -0.2) is 18.1 Å². The number of fused-ring (bicyclic) bond motifs is 1. The van der Waals surface area contributed by atoms with Gasteiger partial charge in [-0.2, -0.15) is 0 Å². The summed E-state index contributed by atoms with van der Waals surface area (Å²) >= 11 is 0. The highest BCUT2D eigenvalue weighted by atomic mass is 16.7. The van der Waals surface area contributed by atoms with Crippen LogP contribution >= 0.6 is 0 Å². The SMILES string of the molecule is Cc1ccc2onc(OC3CCCCO3)c2c1. The van der Waals surface area contributed by atoms with Crippen LogP contribution in [0.1, 0.15) is 24.8 Å². The van der Waals surface area contributed by atoms with Gasteiger partial charge in [0.2, 0.25) is 6.29 Å². The first kappa shape index (κ1) is 10.6. The quantitative estimate of drug-likeness (QED) is 0.799. The number of aromatic nitrogens is 1. The average Bonchev–Trinajstić information content (AvgIpc) is 2.73. The van der Waals surface area contributed by atoms with E-state index in [1.54, 1.807) is 0 Å². The van der Waals surface area contributed by atoms with E-state index in [1.807, 2.05) is 25.1 Å². The molecular formula is C13H15NO3. The van der Waals surface area contributed by atoms with Crippen molar-refractivity contribution in [2.24, 2.45) is 0 Å². The fraction of sp³-hybridized carbons (Fsp3) is 0.462. The van der Waals surface area contributed by atoms with E-state index in [0.29, 0.717) is 5.88 Å². The van der Waals surface area contributed by atoms with Gasteiger partial charge in [0.25, 0.3) is 5.88 Å². The first-order valence-corrected chi connectivity index (χ1v) is 5.97. The molecular weight excluding hydrogens is 218 g/mol. The molecule has 3 rings (SSSR count). The van der Waals surface area contributed by atoms with Crippen molar-refractivity contribution in [2.45, 2.75) is 32.5 Å². The van der Waals surface area contributed by atoms with E-state index in [2.05, 4.69) is 5.16 Å². The third kappa shape index (κ3) is 2.13. The standard InChI is InChI=1S/C13H15NO3/c1-9-5-6-11-10(8-9)13(14-17-11)16-12-4-2-3-7-15-12/h5-6,8,12H,2-4,7H2,1H3. The molecule has 90 valence electrons. The fourth-order valence-corrected chi connectivity index (χ4v) is 2.04. The van der Waals surface area contributed by atoms with Gasteiger partial charge in [-0.25, -0.2) is 0 Å². The Morgan fingerprint density at radius 1 is 1.35 bits per heavy atom. The lowest BCUT2D eigenvalue weighted by atomic mass is 10.2. The van der Waals surface area contributed by atoms with Crippen LogP contribution in [0.4, 0.5) is 0 Å². The lowest BCUT2D eigenvalue weighted by Gasteiger charge is -2.21. The van der Waals surface area contributed by atoms with E-state index in [4.69, 9.17) is 14.0 Å². The van der Waals surface area contributed by atoms with E-state index < -0.39 is 0 Å². The van der Waals surface area contributed by atoms with Crippen molar-refractivity contribution in [2.75, 3.05) is 6.61 Å². The molecule has 1 saturated heterocycles. The summed E-state index contributed by atoms with van der Waals surface area (Å²) < 4.78 is 16.5. The first-order chi connectivity index (χ1) is 8.33. The van der Waals surface area contributed by atoms with E-state index >= 15 is 0 Å². The van der Waals surface area contributed by atoms with Crippen LogP contribution < -0.4 is 4.74 Å². The molecule has 0 N–H and O–H groups in total. The van der Waals surface area contributed by atoms with Gasteiger partial charge in [-0.1, -0.05) is 11.6 Å². The molecule has 17 heavy (non-hydrogen) atoms. The van der Waals surface area contributed by atoms with Crippen molar-refractivity contribution in [3.63, 3.8) is 0 Å². The fourth-order valence-electron chi connectivity index (χ4n) is 2.04. The van der Waals surface area contributed by atoms with Gasteiger partial charge in [-0.3, -0.25) is 0 Å². The molecule has 2 heterocycles. The van der Waals surface area contributed by atoms with Gasteiger partial charge in [-0.15, -0.1) is 0 Å². The molecule has 0 amide bonds. The highest BCUT2D eigenvalue weighted by Crippen LogP contribution is 2.28. The monoisotopic (exact) mass is 233 g/mol. The van der Waals surface area contributed by atoms with Gasteiger partial charge in [0.15, 0.2) is 5.58 Å². The van der Waals surface area contributed by atoms with Gasteiger partial charge >= 0.3 is 0 Å². The van der Waals surface area contributed by atoms with Crippen molar-refractivity contribution < 1.29 is 14.0 Å². The minimum absolute atomic E-state index is 0.183. The third-order valence-electron chi connectivity index (χ3n) is 2.97. The minimum Gasteiger partial charge on any atom is -0.445 e. The molecule has 1 fully saturated rings. The normalized spacial score (nSPS) is 20.6. The van der Waals surface area contributed by atoms with Crippen LogP contribution in [0, 0.1) is 6.92 Å². The number of aryl methyl sites for hydroxylation is 1. The summed E-state index contributed by atoms with van der Waals surface area (Å²) in [5.41, 5.74) is 1.91. The van der Waals surface area contributed by atoms with Crippen LogP contribution in [0.2, 0.25) is 0 Å². The number of benzene rings is 1. The molecule has 0 aliphatic carbocycles. The Hall–Kier alpha value is -1.55. The Morgan fingerprint density at radius 3 is 3.12 bits per heavy atom. The third-order valence-corrected chi connectivity index (χ3v) is 2.97. The predicted molar refractivity (Wildman–Crippen MR) is 63.0 cm³/mol. The van der Waals surface area contributed by atoms with Crippen LogP contribution in [0.15, 0.2) is 22.7 Å². The van der Waals surface area contributed by atoms with E-state index in [0.717, 1.165) is 42.4 Å². The van der Waals surface area contributed by atoms with Crippen LogP contribution in [0.3, 0.4) is 0 Å². The highest BCUT2D eigenvalue weighted by molar-refractivity contribution is 5.82. The maximum absolute atomic E-state index is 5.74. The number of hydrogen-bond donors (Lipinski definition) is 0. The molecule has 1 aromatic heterocycles. The molecule has 4 heteroatoms. The number of hydrogen-bond acceptors (Lipinski definition) is 4. The lowest BCUT2D eigenvalue weighted by molar-refractivity contribution is -0.108. The molecule has 1 aromatic carbocycles. The van der Waals surface area contributed by atoms with Gasteiger partial charge in [0, 0.05) is 6.42 Å². The Labute approximate surface area is 99.5 Å².